The molecule has 2 aromatic carbocycles. The van der Waals surface area contributed by atoms with Gasteiger partial charge in [-0.05, 0) is 74.6 Å². The van der Waals surface area contributed by atoms with Gasteiger partial charge in [0.1, 0.15) is 0 Å². The first-order chi connectivity index (χ1) is 11.0. The van der Waals surface area contributed by atoms with Crippen LogP contribution in [-0.2, 0) is 0 Å². The first-order valence-corrected chi connectivity index (χ1v) is 12.0. The molecule has 24 heavy (non-hydrogen) atoms. The maximum absolute atomic E-state index is 6.43. The van der Waals surface area contributed by atoms with E-state index < -0.39 is 5.54 Å². The van der Waals surface area contributed by atoms with E-state index in [-0.39, 0.29) is 0 Å². The van der Waals surface area contributed by atoms with Gasteiger partial charge in [0.05, 0.1) is 48.0 Å². The van der Waals surface area contributed by atoms with Crippen LogP contribution in [0.15, 0.2) is 17.9 Å². The van der Waals surface area contributed by atoms with Crippen molar-refractivity contribution < 1.29 is 0 Å². The largest absolute Gasteiger partial charge is 0.293 e. The van der Waals surface area contributed by atoms with Crippen molar-refractivity contribution in [2.45, 2.75) is 0 Å². The number of halogens is 11. The lowest BCUT2D eigenvalue weighted by Crippen LogP contribution is -2.40. The van der Waals surface area contributed by atoms with Gasteiger partial charge in [-0.15, -0.1) is 15.8 Å². The van der Waals surface area contributed by atoms with Gasteiger partial charge in [0.15, 0.2) is 0 Å². The van der Waals surface area contributed by atoms with Crippen molar-refractivity contribution in [2.75, 3.05) is 0 Å². The molecule has 0 spiro atoms. The average Bonchev–Trinajstić information content (AvgIpc) is 2.55. The molecule has 0 unspecified atom stereocenters. The number of rotatable bonds is 2. The van der Waals surface area contributed by atoms with E-state index in [1.54, 1.807) is 0 Å². The van der Waals surface area contributed by atoms with E-state index in [2.05, 4.69) is 79.5 Å². The van der Waals surface area contributed by atoms with Gasteiger partial charge in [0.25, 0.3) is 5.54 Å². The van der Waals surface area contributed by atoms with Gasteiger partial charge < -0.3 is 0 Å². The molecular weight excluding hydrogens is 767 g/mol. The third-order valence-electron chi connectivity index (χ3n) is 2.99. The van der Waals surface area contributed by atoms with E-state index in [1.165, 1.54) is 0 Å². The molecule has 0 aliphatic carbocycles. The zero-order valence-electron chi connectivity index (χ0n) is 10.7. The molecule has 0 aromatic heterocycles. The summed E-state index contributed by atoms with van der Waals surface area (Å²) in [6.45, 7) is 0. The number of hydrogen-bond acceptors (Lipinski definition) is 0. The zero-order valence-corrected chi connectivity index (χ0v) is 23.2. The fourth-order valence-corrected chi connectivity index (χ4v) is 7.32. The fourth-order valence-electron chi connectivity index (χ4n) is 1.83. The second kappa shape index (κ2) is 8.98. The minimum atomic E-state index is -0.521. The molecule has 12 heteroatoms. The summed E-state index contributed by atoms with van der Waals surface area (Å²) in [5.74, 6) is 0. The standard InChI is InChI=1S/C12BBr5Cl6/c14-3-7(19)1(8(20)4(15)11(3)23)13(18)2-9(21)5(16)12(24)6(17)10(2)22. The second-order valence-corrected chi connectivity index (χ2v) is 10.7. The van der Waals surface area contributed by atoms with Gasteiger partial charge in [-0.2, -0.15) is 0 Å². The minimum Gasteiger partial charge on any atom is -0.143 e. The van der Waals surface area contributed by atoms with Crippen LogP contribution in [-0.4, -0.2) is 5.54 Å². The maximum atomic E-state index is 6.43. The van der Waals surface area contributed by atoms with Crippen molar-refractivity contribution in [3.05, 3.63) is 48.0 Å². The van der Waals surface area contributed by atoms with Crippen molar-refractivity contribution >= 4 is 166 Å². The minimum absolute atomic E-state index is 0.337. The summed E-state index contributed by atoms with van der Waals surface area (Å²) >= 11 is 55.1. The van der Waals surface area contributed by atoms with Crippen molar-refractivity contribution in [1.82, 2.24) is 0 Å². The molecule has 0 aliphatic heterocycles. The Hall–Kier alpha value is 2.64. The Balaban J connectivity index is 2.84. The zero-order chi connectivity index (χ0) is 18.5. The lowest BCUT2D eigenvalue weighted by atomic mass is 9.63. The van der Waals surface area contributed by atoms with E-state index in [1.807, 2.05) is 0 Å². The Morgan fingerprint density at radius 2 is 0.667 bits per heavy atom. The predicted molar refractivity (Wildman–Crippen MR) is 128 cm³/mol. The highest BCUT2D eigenvalue weighted by Crippen LogP contribution is 2.43. The van der Waals surface area contributed by atoms with Crippen LogP contribution in [0.1, 0.15) is 0 Å². The fraction of sp³-hybridized carbons (Fsp3) is 0. The summed E-state index contributed by atoms with van der Waals surface area (Å²) in [6.07, 6.45) is 0. The van der Waals surface area contributed by atoms with E-state index in [0.29, 0.717) is 59.0 Å². The van der Waals surface area contributed by atoms with Gasteiger partial charge in [-0.25, -0.2) is 0 Å². The Kier molecular flexibility index (Phi) is 8.58. The molecule has 0 atom stereocenters. The van der Waals surface area contributed by atoms with Crippen molar-refractivity contribution in [3.63, 3.8) is 0 Å². The number of benzene rings is 2. The van der Waals surface area contributed by atoms with Crippen molar-refractivity contribution in [1.29, 1.82) is 0 Å². The maximum Gasteiger partial charge on any atom is 0.293 e. The SMILES string of the molecule is Clc1c(Br)c(Cl)c(B(Br)c2c(Cl)c(Br)c(Cl)c(Br)c2Cl)c(Cl)c1Br. The number of hydrogen-bond donors (Lipinski definition) is 0. The smallest absolute Gasteiger partial charge is 0.143 e. The first-order valence-electron chi connectivity index (χ1n) is 5.69. The second-order valence-electron chi connectivity index (χ2n) is 4.33. The van der Waals surface area contributed by atoms with Crippen LogP contribution in [0.3, 0.4) is 0 Å². The predicted octanol–water partition coefficient (Wildman–Crippen LogP) is 9.16. The Morgan fingerprint density at radius 1 is 0.458 bits per heavy atom. The molecule has 0 amide bonds. The van der Waals surface area contributed by atoms with Gasteiger partial charge in [-0.3, -0.25) is 0 Å². The van der Waals surface area contributed by atoms with Crippen molar-refractivity contribution in [3.8, 4) is 0 Å². The third-order valence-corrected chi connectivity index (χ3v) is 11.2. The van der Waals surface area contributed by atoms with E-state index in [0.717, 1.165) is 0 Å². The van der Waals surface area contributed by atoms with Crippen LogP contribution in [0, 0.1) is 0 Å². The molecule has 2 aromatic rings. The Morgan fingerprint density at radius 3 is 0.875 bits per heavy atom. The molecule has 0 nitrogen and oxygen atoms in total. The Labute approximate surface area is 210 Å². The third kappa shape index (κ3) is 4.01. The molecule has 0 saturated carbocycles. The van der Waals surface area contributed by atoms with Crippen LogP contribution < -0.4 is 10.9 Å². The summed E-state index contributed by atoms with van der Waals surface area (Å²) in [5.41, 5.74) is 0.574. The lowest BCUT2D eigenvalue weighted by molar-refractivity contribution is 1.62. The molecule has 0 heterocycles. The lowest BCUT2D eigenvalue weighted by Gasteiger charge is -2.19. The highest BCUT2D eigenvalue weighted by molar-refractivity contribution is 9.25. The molecule has 0 fully saturated rings. The van der Waals surface area contributed by atoms with Crippen LogP contribution in [0.4, 0.5) is 0 Å². The van der Waals surface area contributed by atoms with E-state index >= 15 is 0 Å². The molecule has 0 saturated heterocycles. The molecule has 0 bridgehead atoms. The summed E-state index contributed by atoms with van der Waals surface area (Å²) in [5, 5.41) is 2.08. The molecule has 0 radical (unpaired) electrons. The van der Waals surface area contributed by atoms with Crippen LogP contribution in [0.2, 0.25) is 30.1 Å². The normalized spacial score (nSPS) is 11.1. The van der Waals surface area contributed by atoms with Crippen LogP contribution in [0.5, 0.6) is 0 Å². The first kappa shape index (κ1) is 22.9. The molecule has 2 rings (SSSR count). The van der Waals surface area contributed by atoms with Gasteiger partial charge in [0, 0.05) is 0 Å². The molecular formula is C12BBr5Cl6. The average molecular weight is 767 g/mol. The van der Waals surface area contributed by atoms with Crippen LogP contribution in [0.25, 0.3) is 0 Å². The van der Waals surface area contributed by atoms with E-state index in [9.17, 15) is 0 Å². The highest BCUT2D eigenvalue weighted by atomic mass is 79.9. The highest BCUT2D eigenvalue weighted by Gasteiger charge is 2.32. The van der Waals surface area contributed by atoms with Crippen molar-refractivity contribution in [2.24, 2.45) is 0 Å². The summed E-state index contributed by atoms with van der Waals surface area (Å²) in [7, 11) is 0. The summed E-state index contributed by atoms with van der Waals surface area (Å²) in [4.78, 5) is 0. The van der Waals surface area contributed by atoms with Crippen LogP contribution >= 0.6 is 149 Å². The van der Waals surface area contributed by atoms with Gasteiger partial charge in [-0.1, -0.05) is 69.6 Å². The Bertz CT molecular complexity index is 731. The summed E-state index contributed by atoms with van der Waals surface area (Å²) < 4.78 is 2.00. The van der Waals surface area contributed by atoms with Gasteiger partial charge in [0.2, 0.25) is 0 Å². The molecule has 0 aliphatic rings. The molecule has 0 N–H and O–H groups in total. The topological polar surface area (TPSA) is 0 Å². The van der Waals surface area contributed by atoms with E-state index in [4.69, 9.17) is 69.6 Å². The molecule has 128 valence electrons. The monoisotopic (exact) mass is 759 g/mol. The summed E-state index contributed by atoms with van der Waals surface area (Å²) in [6, 6.07) is 0. The van der Waals surface area contributed by atoms with Gasteiger partial charge >= 0.3 is 0 Å². The quantitative estimate of drug-likeness (QED) is 0.163.